The Morgan fingerprint density at radius 2 is 1.40 bits per heavy atom. The van der Waals surface area contributed by atoms with Crippen LogP contribution in [0.25, 0.3) is 0 Å². The van der Waals surface area contributed by atoms with Gasteiger partial charge in [0, 0.05) is 6.42 Å². The van der Waals surface area contributed by atoms with Gasteiger partial charge in [0.05, 0.1) is 0 Å². The molecule has 0 atom stereocenters. The highest BCUT2D eigenvalue weighted by Gasteiger charge is 2.29. The van der Waals surface area contributed by atoms with Gasteiger partial charge < -0.3 is 5.11 Å². The second-order valence-electron chi connectivity index (χ2n) is 5.14. The average Bonchev–Trinajstić information content (AvgIpc) is 2.48. The summed E-state index contributed by atoms with van der Waals surface area (Å²) in [5, 5.41) is 11.2. The Hall–Kier alpha value is -2.08. The molecule has 0 aliphatic heterocycles. The summed E-state index contributed by atoms with van der Waals surface area (Å²) < 4.78 is 0. The topological polar surface area (TPSA) is 20.2 Å². The SMILES string of the molecule is CC(C)=C=CCC(O)(c1ccccc1)c1ccccc1. The zero-order chi connectivity index (χ0) is 14.4. The molecule has 2 rings (SSSR count). The molecule has 0 bridgehead atoms. The highest BCUT2D eigenvalue weighted by molar-refractivity contribution is 5.36. The third-order valence-electron chi connectivity index (χ3n) is 3.29. The number of hydrogen-bond donors (Lipinski definition) is 1. The minimum absolute atomic E-state index is 0.506. The summed E-state index contributed by atoms with van der Waals surface area (Å²) in [4.78, 5) is 0. The van der Waals surface area contributed by atoms with E-state index in [1.165, 1.54) is 0 Å². The normalized spacial score (nSPS) is 10.8. The van der Waals surface area contributed by atoms with Crippen molar-refractivity contribution in [3.05, 3.63) is 89.2 Å². The van der Waals surface area contributed by atoms with Gasteiger partial charge in [-0.25, -0.2) is 0 Å². The van der Waals surface area contributed by atoms with E-state index in [0.717, 1.165) is 16.7 Å². The largest absolute Gasteiger partial charge is 0.380 e. The van der Waals surface area contributed by atoms with Crippen LogP contribution in [0.2, 0.25) is 0 Å². The highest BCUT2D eigenvalue weighted by atomic mass is 16.3. The lowest BCUT2D eigenvalue weighted by atomic mass is 9.83. The van der Waals surface area contributed by atoms with E-state index in [9.17, 15) is 5.11 Å². The zero-order valence-corrected chi connectivity index (χ0v) is 12.0. The molecule has 102 valence electrons. The second-order valence-corrected chi connectivity index (χ2v) is 5.14. The predicted molar refractivity (Wildman–Crippen MR) is 83.4 cm³/mol. The van der Waals surface area contributed by atoms with Crippen LogP contribution in [0.15, 0.2) is 78.0 Å². The van der Waals surface area contributed by atoms with Gasteiger partial charge in [-0.3, -0.25) is 0 Å². The van der Waals surface area contributed by atoms with E-state index in [2.05, 4.69) is 5.73 Å². The van der Waals surface area contributed by atoms with Gasteiger partial charge in [0.25, 0.3) is 0 Å². The van der Waals surface area contributed by atoms with E-state index >= 15 is 0 Å². The highest BCUT2D eigenvalue weighted by Crippen LogP contribution is 2.33. The molecule has 0 aliphatic carbocycles. The van der Waals surface area contributed by atoms with Gasteiger partial charge in [0.2, 0.25) is 0 Å². The smallest absolute Gasteiger partial charge is 0.119 e. The molecule has 0 amide bonds. The van der Waals surface area contributed by atoms with Crippen LogP contribution in [0.5, 0.6) is 0 Å². The fourth-order valence-electron chi connectivity index (χ4n) is 2.23. The van der Waals surface area contributed by atoms with Crippen molar-refractivity contribution >= 4 is 0 Å². The van der Waals surface area contributed by atoms with Crippen molar-refractivity contribution in [1.82, 2.24) is 0 Å². The van der Waals surface area contributed by atoms with Crippen molar-refractivity contribution < 1.29 is 5.11 Å². The molecular formula is C19H20O. The molecule has 0 aromatic heterocycles. The molecule has 1 heteroatoms. The van der Waals surface area contributed by atoms with Crippen LogP contribution >= 0.6 is 0 Å². The van der Waals surface area contributed by atoms with E-state index in [-0.39, 0.29) is 0 Å². The summed E-state index contributed by atoms with van der Waals surface area (Å²) in [5.74, 6) is 0. The summed E-state index contributed by atoms with van der Waals surface area (Å²) >= 11 is 0. The van der Waals surface area contributed by atoms with Crippen molar-refractivity contribution in [2.24, 2.45) is 0 Å². The Kier molecular flexibility index (Phi) is 4.57. The molecule has 0 fully saturated rings. The molecule has 0 heterocycles. The van der Waals surface area contributed by atoms with Crippen molar-refractivity contribution in [2.45, 2.75) is 25.9 Å². The van der Waals surface area contributed by atoms with Crippen LogP contribution in [0, 0.1) is 0 Å². The minimum Gasteiger partial charge on any atom is -0.380 e. The Morgan fingerprint density at radius 3 is 1.80 bits per heavy atom. The van der Waals surface area contributed by atoms with Gasteiger partial charge >= 0.3 is 0 Å². The van der Waals surface area contributed by atoms with Crippen LogP contribution in [0.1, 0.15) is 31.4 Å². The first-order chi connectivity index (χ1) is 9.63. The first-order valence-corrected chi connectivity index (χ1v) is 6.85. The maximum absolute atomic E-state index is 11.2. The molecule has 0 saturated carbocycles. The number of aliphatic hydroxyl groups is 1. The number of hydrogen-bond acceptors (Lipinski definition) is 1. The minimum atomic E-state index is -1.01. The third kappa shape index (κ3) is 3.27. The molecule has 20 heavy (non-hydrogen) atoms. The van der Waals surface area contributed by atoms with Crippen LogP contribution in [-0.4, -0.2) is 5.11 Å². The van der Waals surface area contributed by atoms with Gasteiger partial charge in [-0.2, -0.15) is 0 Å². The lowest BCUT2D eigenvalue weighted by Crippen LogP contribution is -2.26. The van der Waals surface area contributed by atoms with E-state index in [4.69, 9.17) is 0 Å². The summed E-state index contributed by atoms with van der Waals surface area (Å²) in [6.07, 6.45) is 2.42. The summed E-state index contributed by atoms with van der Waals surface area (Å²) in [7, 11) is 0. The van der Waals surface area contributed by atoms with Gasteiger partial charge in [-0.15, -0.1) is 5.73 Å². The zero-order valence-electron chi connectivity index (χ0n) is 12.0. The average molecular weight is 264 g/mol. The van der Waals surface area contributed by atoms with E-state index in [0.29, 0.717) is 6.42 Å². The molecule has 1 N–H and O–H groups in total. The van der Waals surface area contributed by atoms with Crippen molar-refractivity contribution in [3.63, 3.8) is 0 Å². The Balaban J connectivity index is 2.47. The van der Waals surface area contributed by atoms with Crippen LogP contribution < -0.4 is 0 Å². The number of benzene rings is 2. The summed E-state index contributed by atoms with van der Waals surface area (Å²) in [5.41, 5.74) is 5.07. The molecule has 1 nitrogen and oxygen atoms in total. The maximum Gasteiger partial charge on any atom is 0.119 e. The van der Waals surface area contributed by atoms with E-state index in [1.54, 1.807) is 0 Å². The summed E-state index contributed by atoms with van der Waals surface area (Å²) in [6, 6.07) is 19.6. The molecule has 0 unspecified atom stereocenters. The third-order valence-corrected chi connectivity index (χ3v) is 3.29. The Bertz CT molecular complexity index is 561. The van der Waals surface area contributed by atoms with Crippen LogP contribution in [0.4, 0.5) is 0 Å². The lowest BCUT2D eigenvalue weighted by Gasteiger charge is -2.28. The van der Waals surface area contributed by atoms with E-state index < -0.39 is 5.60 Å². The van der Waals surface area contributed by atoms with E-state index in [1.807, 2.05) is 80.6 Å². The van der Waals surface area contributed by atoms with Gasteiger partial charge in [-0.05, 0) is 36.6 Å². The first-order valence-electron chi connectivity index (χ1n) is 6.85. The predicted octanol–water partition coefficient (Wildman–Crippen LogP) is 4.43. The van der Waals surface area contributed by atoms with Crippen LogP contribution in [-0.2, 0) is 5.60 Å². The number of rotatable bonds is 4. The molecule has 0 aliphatic rings. The Morgan fingerprint density at radius 1 is 0.950 bits per heavy atom. The monoisotopic (exact) mass is 264 g/mol. The standard InChI is InChI=1S/C19H20O/c1-16(2)10-9-15-19(20,17-11-5-3-6-12-17)18-13-7-4-8-14-18/h3-9,11-14,20H,15H2,1-2H3. The summed E-state index contributed by atoms with van der Waals surface area (Å²) in [6.45, 7) is 4.00. The van der Waals surface area contributed by atoms with Crippen molar-refractivity contribution in [2.75, 3.05) is 0 Å². The molecule has 0 spiro atoms. The Labute approximate surface area is 120 Å². The van der Waals surface area contributed by atoms with Gasteiger partial charge in [0.15, 0.2) is 0 Å². The first kappa shape index (κ1) is 14.3. The van der Waals surface area contributed by atoms with Crippen molar-refractivity contribution in [3.8, 4) is 0 Å². The molecule has 2 aromatic carbocycles. The van der Waals surface area contributed by atoms with Crippen LogP contribution in [0.3, 0.4) is 0 Å². The second kappa shape index (κ2) is 6.38. The molecular weight excluding hydrogens is 244 g/mol. The van der Waals surface area contributed by atoms with Crippen molar-refractivity contribution in [1.29, 1.82) is 0 Å². The lowest BCUT2D eigenvalue weighted by molar-refractivity contribution is 0.0841. The molecule has 0 radical (unpaired) electrons. The quantitative estimate of drug-likeness (QED) is 0.810. The maximum atomic E-state index is 11.2. The fourth-order valence-corrected chi connectivity index (χ4v) is 2.23. The molecule has 0 saturated heterocycles. The van der Waals surface area contributed by atoms with Gasteiger partial charge in [-0.1, -0.05) is 60.7 Å². The fraction of sp³-hybridized carbons (Fsp3) is 0.211. The molecule has 2 aromatic rings. The van der Waals surface area contributed by atoms with Gasteiger partial charge in [0.1, 0.15) is 5.60 Å².